The van der Waals surface area contributed by atoms with Crippen LogP contribution in [0, 0.1) is 0 Å². The standard InChI is InChI=1S/C13H18N4O3/c1-2-3-6-11-14-10(15-20-11)8-17-12(18)9-5-4-7-16(9)13(17)19/h9H,2-8H2,1H3. The van der Waals surface area contributed by atoms with Gasteiger partial charge in [0, 0.05) is 13.0 Å². The van der Waals surface area contributed by atoms with Crippen LogP contribution in [0.25, 0.3) is 0 Å². The number of nitrogens with zero attached hydrogens (tertiary/aromatic N) is 4. The van der Waals surface area contributed by atoms with E-state index in [1.165, 1.54) is 4.90 Å². The van der Waals surface area contributed by atoms with Crippen LogP contribution in [0.2, 0.25) is 0 Å². The second-order valence-corrected chi connectivity index (χ2v) is 5.27. The van der Waals surface area contributed by atoms with Crippen LogP contribution in [0.3, 0.4) is 0 Å². The van der Waals surface area contributed by atoms with Crippen LogP contribution in [0.15, 0.2) is 4.52 Å². The summed E-state index contributed by atoms with van der Waals surface area (Å²) in [5, 5.41) is 3.84. The summed E-state index contributed by atoms with van der Waals surface area (Å²) in [6.45, 7) is 2.87. The third kappa shape index (κ3) is 2.17. The van der Waals surface area contributed by atoms with Crippen molar-refractivity contribution in [2.45, 2.75) is 51.6 Å². The van der Waals surface area contributed by atoms with Gasteiger partial charge in [-0.2, -0.15) is 4.98 Å². The van der Waals surface area contributed by atoms with Gasteiger partial charge in [-0.25, -0.2) is 4.79 Å². The number of imide groups is 1. The number of amides is 3. The van der Waals surface area contributed by atoms with Crippen LogP contribution in [0.1, 0.15) is 44.3 Å². The number of unbranched alkanes of at least 4 members (excludes halogenated alkanes) is 1. The molecule has 0 bridgehead atoms. The van der Waals surface area contributed by atoms with Crippen molar-refractivity contribution in [3.05, 3.63) is 11.7 Å². The number of rotatable bonds is 5. The number of carbonyl (C=O) groups is 2. The van der Waals surface area contributed by atoms with E-state index in [2.05, 4.69) is 17.1 Å². The van der Waals surface area contributed by atoms with E-state index in [1.54, 1.807) is 4.90 Å². The summed E-state index contributed by atoms with van der Waals surface area (Å²) in [6, 6.07) is -0.494. The van der Waals surface area contributed by atoms with Crippen molar-refractivity contribution in [1.82, 2.24) is 19.9 Å². The van der Waals surface area contributed by atoms with Gasteiger partial charge in [0.05, 0.1) is 6.54 Å². The number of carbonyl (C=O) groups excluding carboxylic acids is 2. The number of hydrogen-bond acceptors (Lipinski definition) is 5. The molecule has 7 heteroatoms. The van der Waals surface area contributed by atoms with Crippen LogP contribution in [0.4, 0.5) is 4.79 Å². The highest BCUT2D eigenvalue weighted by Gasteiger charge is 2.47. The number of aromatic nitrogens is 2. The van der Waals surface area contributed by atoms with Crippen LogP contribution in [-0.2, 0) is 17.8 Å². The summed E-state index contributed by atoms with van der Waals surface area (Å²) in [7, 11) is 0. The molecule has 1 atom stereocenters. The maximum absolute atomic E-state index is 12.2. The van der Waals surface area contributed by atoms with Crippen molar-refractivity contribution in [2.24, 2.45) is 0 Å². The highest BCUT2D eigenvalue weighted by Crippen LogP contribution is 2.28. The fourth-order valence-electron chi connectivity index (χ4n) is 2.75. The SMILES string of the molecule is CCCCc1nc(CN2C(=O)C3CCCN3C2=O)no1. The van der Waals surface area contributed by atoms with Gasteiger partial charge in [-0.05, 0) is 19.3 Å². The van der Waals surface area contributed by atoms with Gasteiger partial charge in [0.15, 0.2) is 5.82 Å². The zero-order chi connectivity index (χ0) is 14.1. The second kappa shape index (κ2) is 5.22. The van der Waals surface area contributed by atoms with Crippen molar-refractivity contribution in [2.75, 3.05) is 6.54 Å². The van der Waals surface area contributed by atoms with Gasteiger partial charge in [-0.3, -0.25) is 9.69 Å². The Hall–Kier alpha value is -1.92. The van der Waals surface area contributed by atoms with E-state index in [4.69, 9.17) is 4.52 Å². The molecule has 0 radical (unpaired) electrons. The largest absolute Gasteiger partial charge is 0.339 e. The lowest BCUT2D eigenvalue weighted by molar-refractivity contribution is -0.128. The molecule has 2 fully saturated rings. The Balaban J connectivity index is 1.67. The normalized spacial score (nSPS) is 21.9. The van der Waals surface area contributed by atoms with Crippen molar-refractivity contribution < 1.29 is 14.1 Å². The molecule has 1 aromatic heterocycles. The molecule has 2 aliphatic rings. The van der Waals surface area contributed by atoms with E-state index in [0.717, 1.165) is 32.1 Å². The smallest absolute Gasteiger partial charge is 0.327 e. The monoisotopic (exact) mass is 278 g/mol. The third-order valence-electron chi connectivity index (χ3n) is 3.83. The Labute approximate surface area is 116 Å². The maximum Gasteiger partial charge on any atom is 0.327 e. The second-order valence-electron chi connectivity index (χ2n) is 5.27. The summed E-state index contributed by atoms with van der Waals surface area (Å²) in [4.78, 5) is 31.4. The summed E-state index contributed by atoms with van der Waals surface area (Å²) in [5.41, 5.74) is 0. The highest BCUT2D eigenvalue weighted by molar-refractivity contribution is 6.04. The molecule has 3 heterocycles. The summed E-state index contributed by atoms with van der Waals surface area (Å²) >= 11 is 0. The average Bonchev–Trinajstić information content (AvgIpc) is 3.13. The van der Waals surface area contributed by atoms with Gasteiger partial charge < -0.3 is 9.42 Å². The van der Waals surface area contributed by atoms with Crippen LogP contribution in [0.5, 0.6) is 0 Å². The fourth-order valence-corrected chi connectivity index (χ4v) is 2.75. The number of hydrogen-bond donors (Lipinski definition) is 0. The molecule has 0 aliphatic carbocycles. The molecular weight excluding hydrogens is 260 g/mol. The van der Waals surface area contributed by atoms with E-state index in [1.807, 2.05) is 0 Å². The van der Waals surface area contributed by atoms with Gasteiger partial charge in [0.2, 0.25) is 5.89 Å². The van der Waals surface area contributed by atoms with Crippen LogP contribution >= 0.6 is 0 Å². The number of fused-ring (bicyclic) bond motifs is 1. The Morgan fingerprint density at radius 1 is 1.40 bits per heavy atom. The molecule has 0 N–H and O–H groups in total. The first-order valence-corrected chi connectivity index (χ1v) is 7.14. The minimum atomic E-state index is -0.269. The van der Waals surface area contributed by atoms with E-state index < -0.39 is 0 Å². The molecule has 0 aromatic carbocycles. The summed E-state index contributed by atoms with van der Waals surface area (Å²) < 4.78 is 5.12. The molecular formula is C13H18N4O3. The van der Waals surface area contributed by atoms with Gasteiger partial charge in [-0.1, -0.05) is 18.5 Å². The quantitative estimate of drug-likeness (QED) is 0.759. The number of aryl methyl sites for hydroxylation is 1. The maximum atomic E-state index is 12.2. The molecule has 2 saturated heterocycles. The predicted molar refractivity (Wildman–Crippen MR) is 68.6 cm³/mol. The van der Waals surface area contributed by atoms with E-state index in [9.17, 15) is 9.59 Å². The number of urea groups is 1. The highest BCUT2D eigenvalue weighted by atomic mass is 16.5. The summed E-state index contributed by atoms with van der Waals surface area (Å²) in [6.07, 6.45) is 4.44. The minimum Gasteiger partial charge on any atom is -0.339 e. The Morgan fingerprint density at radius 2 is 2.25 bits per heavy atom. The first-order chi connectivity index (χ1) is 9.70. The molecule has 2 aliphatic heterocycles. The molecule has 3 amide bonds. The molecule has 108 valence electrons. The third-order valence-corrected chi connectivity index (χ3v) is 3.83. The van der Waals surface area contributed by atoms with Crippen molar-refractivity contribution in [3.8, 4) is 0 Å². The first-order valence-electron chi connectivity index (χ1n) is 7.14. The Bertz CT molecular complexity index is 505. The molecule has 0 spiro atoms. The Kier molecular flexibility index (Phi) is 3.42. The van der Waals surface area contributed by atoms with E-state index in [0.29, 0.717) is 18.3 Å². The van der Waals surface area contributed by atoms with Crippen molar-refractivity contribution in [3.63, 3.8) is 0 Å². The topological polar surface area (TPSA) is 79.5 Å². The zero-order valence-electron chi connectivity index (χ0n) is 11.5. The fraction of sp³-hybridized carbons (Fsp3) is 0.692. The minimum absolute atomic E-state index is 0.111. The van der Waals surface area contributed by atoms with Gasteiger partial charge in [0.1, 0.15) is 6.04 Å². The summed E-state index contributed by atoms with van der Waals surface area (Å²) in [5.74, 6) is 0.841. The van der Waals surface area contributed by atoms with Gasteiger partial charge in [0.25, 0.3) is 5.91 Å². The van der Waals surface area contributed by atoms with Crippen LogP contribution < -0.4 is 0 Å². The lowest BCUT2D eigenvalue weighted by Crippen LogP contribution is -2.33. The van der Waals surface area contributed by atoms with E-state index >= 15 is 0 Å². The molecule has 0 saturated carbocycles. The molecule has 3 rings (SSSR count). The zero-order valence-corrected chi connectivity index (χ0v) is 11.5. The lowest BCUT2D eigenvalue weighted by atomic mass is 10.2. The molecule has 1 aromatic rings. The van der Waals surface area contributed by atoms with Gasteiger partial charge >= 0.3 is 6.03 Å². The first kappa shape index (κ1) is 13.1. The molecule has 7 nitrogen and oxygen atoms in total. The van der Waals surface area contributed by atoms with Crippen LogP contribution in [-0.4, -0.2) is 44.5 Å². The Morgan fingerprint density at radius 3 is 3.00 bits per heavy atom. The van der Waals surface area contributed by atoms with Crippen molar-refractivity contribution >= 4 is 11.9 Å². The average molecular weight is 278 g/mol. The predicted octanol–water partition coefficient (Wildman–Crippen LogP) is 1.34. The van der Waals surface area contributed by atoms with E-state index in [-0.39, 0.29) is 24.5 Å². The van der Waals surface area contributed by atoms with Gasteiger partial charge in [-0.15, -0.1) is 0 Å². The van der Waals surface area contributed by atoms with Crippen molar-refractivity contribution in [1.29, 1.82) is 0 Å². The molecule has 1 unspecified atom stereocenters. The lowest BCUT2D eigenvalue weighted by Gasteiger charge is -2.13. The molecule has 20 heavy (non-hydrogen) atoms.